The molecule has 1 atom stereocenters. The molecule has 15 heavy (non-hydrogen) atoms. The van der Waals surface area contributed by atoms with Gasteiger partial charge in [0.25, 0.3) is 10.0 Å². The van der Waals surface area contributed by atoms with Crippen molar-refractivity contribution in [2.75, 3.05) is 13.1 Å². The van der Waals surface area contributed by atoms with Gasteiger partial charge in [-0.2, -0.15) is 4.31 Å². The molecule has 0 radical (unpaired) electrons. The standard InChI is InChI=1S/C8H13N3O3S/c1-10-5-8(9-6-10)15(13,14)11-3-2-7(12)4-11/h5-7,12H,2-4H2,1H3/t7-/m1/s1. The molecule has 1 aliphatic rings. The van der Waals surface area contributed by atoms with Crippen molar-refractivity contribution in [3.05, 3.63) is 12.5 Å². The molecule has 84 valence electrons. The maximum atomic E-state index is 11.9. The van der Waals surface area contributed by atoms with E-state index in [0.717, 1.165) is 0 Å². The van der Waals surface area contributed by atoms with Crippen molar-refractivity contribution in [2.24, 2.45) is 7.05 Å². The summed E-state index contributed by atoms with van der Waals surface area (Å²) in [5.41, 5.74) is 0. The fourth-order valence-corrected chi connectivity index (χ4v) is 3.04. The van der Waals surface area contributed by atoms with Crippen LogP contribution in [0.25, 0.3) is 0 Å². The first-order chi connectivity index (χ1) is 7.00. The van der Waals surface area contributed by atoms with E-state index in [2.05, 4.69) is 4.98 Å². The highest BCUT2D eigenvalue weighted by Gasteiger charge is 2.32. The first kappa shape index (κ1) is 10.6. The highest BCUT2D eigenvalue weighted by molar-refractivity contribution is 7.89. The van der Waals surface area contributed by atoms with E-state index in [1.807, 2.05) is 0 Å². The molecule has 0 unspecified atom stereocenters. The van der Waals surface area contributed by atoms with Crippen molar-refractivity contribution in [3.63, 3.8) is 0 Å². The van der Waals surface area contributed by atoms with Gasteiger partial charge in [-0.3, -0.25) is 0 Å². The summed E-state index contributed by atoms with van der Waals surface area (Å²) in [6.07, 6.45) is 2.84. The Kier molecular flexibility index (Phi) is 2.53. The number of hydrogen-bond acceptors (Lipinski definition) is 4. The number of aryl methyl sites for hydroxylation is 1. The Bertz CT molecular complexity index is 453. The van der Waals surface area contributed by atoms with Crippen LogP contribution in [0.5, 0.6) is 0 Å². The molecule has 7 heteroatoms. The number of rotatable bonds is 2. The SMILES string of the molecule is Cn1cnc(S(=O)(=O)N2CC[C@@H](O)C2)c1. The monoisotopic (exact) mass is 231 g/mol. The highest BCUT2D eigenvalue weighted by atomic mass is 32.2. The van der Waals surface area contributed by atoms with Gasteiger partial charge >= 0.3 is 0 Å². The molecule has 0 bridgehead atoms. The molecule has 6 nitrogen and oxygen atoms in total. The highest BCUT2D eigenvalue weighted by Crippen LogP contribution is 2.19. The van der Waals surface area contributed by atoms with Gasteiger partial charge in [-0.25, -0.2) is 13.4 Å². The Balaban J connectivity index is 2.27. The van der Waals surface area contributed by atoms with Gasteiger partial charge in [0, 0.05) is 26.3 Å². The summed E-state index contributed by atoms with van der Waals surface area (Å²) in [5.74, 6) is 0. The minimum atomic E-state index is -3.51. The van der Waals surface area contributed by atoms with Gasteiger partial charge in [0.2, 0.25) is 0 Å². The molecule has 1 aliphatic heterocycles. The minimum absolute atomic E-state index is 0.0408. The summed E-state index contributed by atoms with van der Waals surface area (Å²) in [6, 6.07) is 0. The molecule has 2 rings (SSSR count). The lowest BCUT2D eigenvalue weighted by atomic mass is 10.3. The quantitative estimate of drug-likeness (QED) is 0.721. The van der Waals surface area contributed by atoms with Gasteiger partial charge in [-0.05, 0) is 6.42 Å². The lowest BCUT2D eigenvalue weighted by Crippen LogP contribution is -2.29. The van der Waals surface area contributed by atoms with Crippen LogP contribution in [0.15, 0.2) is 17.6 Å². The second kappa shape index (κ2) is 3.58. The molecule has 1 aromatic rings. The van der Waals surface area contributed by atoms with Gasteiger partial charge in [0.05, 0.1) is 12.4 Å². The second-order valence-electron chi connectivity index (χ2n) is 3.68. The van der Waals surface area contributed by atoms with Gasteiger partial charge < -0.3 is 9.67 Å². The zero-order chi connectivity index (χ0) is 11.1. The lowest BCUT2D eigenvalue weighted by molar-refractivity contribution is 0.189. The number of hydrogen-bond donors (Lipinski definition) is 1. The first-order valence-corrected chi connectivity index (χ1v) is 6.10. The number of sulfonamides is 1. The van der Waals surface area contributed by atoms with Crippen molar-refractivity contribution in [1.29, 1.82) is 0 Å². The molecule has 0 saturated carbocycles. The second-order valence-corrected chi connectivity index (χ2v) is 5.57. The van der Waals surface area contributed by atoms with E-state index >= 15 is 0 Å². The van der Waals surface area contributed by atoms with E-state index in [1.165, 1.54) is 16.8 Å². The number of aromatic nitrogens is 2. The Morgan fingerprint density at radius 2 is 2.33 bits per heavy atom. The van der Waals surface area contributed by atoms with Crippen molar-refractivity contribution in [3.8, 4) is 0 Å². The van der Waals surface area contributed by atoms with E-state index in [1.54, 1.807) is 11.6 Å². The molecule has 1 saturated heterocycles. The zero-order valence-corrected chi connectivity index (χ0v) is 9.18. The van der Waals surface area contributed by atoms with Crippen LogP contribution in [0.3, 0.4) is 0 Å². The van der Waals surface area contributed by atoms with Crippen LogP contribution in [0, 0.1) is 0 Å². The summed E-state index contributed by atoms with van der Waals surface area (Å²) < 4.78 is 26.7. The summed E-state index contributed by atoms with van der Waals surface area (Å²) in [7, 11) is -1.80. The average molecular weight is 231 g/mol. The maximum Gasteiger partial charge on any atom is 0.262 e. The number of nitrogens with zero attached hydrogens (tertiary/aromatic N) is 3. The number of imidazole rings is 1. The zero-order valence-electron chi connectivity index (χ0n) is 8.37. The van der Waals surface area contributed by atoms with Crippen LogP contribution < -0.4 is 0 Å². The Labute approximate surface area is 88.2 Å². The summed E-state index contributed by atoms with van der Waals surface area (Å²) in [4.78, 5) is 3.81. The van der Waals surface area contributed by atoms with Gasteiger partial charge in [-0.15, -0.1) is 0 Å². The molecule has 0 aromatic carbocycles. The molecule has 0 spiro atoms. The largest absolute Gasteiger partial charge is 0.392 e. The fraction of sp³-hybridized carbons (Fsp3) is 0.625. The van der Waals surface area contributed by atoms with Crippen LogP contribution in [0.2, 0.25) is 0 Å². The van der Waals surface area contributed by atoms with Crippen molar-refractivity contribution >= 4 is 10.0 Å². The molecule has 1 N–H and O–H groups in total. The fourth-order valence-electron chi connectivity index (χ4n) is 1.58. The van der Waals surface area contributed by atoms with Crippen molar-refractivity contribution in [2.45, 2.75) is 17.6 Å². The van der Waals surface area contributed by atoms with Crippen LogP contribution in [-0.4, -0.2) is 46.6 Å². The normalized spacial score (nSPS) is 23.5. The third-order valence-corrected chi connectivity index (χ3v) is 4.16. The molecule has 0 amide bonds. The predicted molar refractivity (Wildman–Crippen MR) is 52.6 cm³/mol. The number of aliphatic hydroxyl groups excluding tert-OH is 1. The smallest absolute Gasteiger partial charge is 0.262 e. The van der Waals surface area contributed by atoms with Crippen LogP contribution >= 0.6 is 0 Å². The van der Waals surface area contributed by atoms with E-state index < -0.39 is 16.1 Å². The summed E-state index contributed by atoms with van der Waals surface area (Å²) in [6.45, 7) is 0.527. The summed E-state index contributed by atoms with van der Waals surface area (Å²) >= 11 is 0. The lowest BCUT2D eigenvalue weighted by Gasteiger charge is -2.13. The number of β-amino-alcohol motifs (C(OH)–C–C–N with tert-alkyl or cyclic N) is 1. The molecule has 1 aromatic heterocycles. The Hall–Kier alpha value is -0.920. The first-order valence-electron chi connectivity index (χ1n) is 4.66. The summed E-state index contributed by atoms with van der Waals surface area (Å²) in [5, 5.41) is 9.32. The topological polar surface area (TPSA) is 75.4 Å². The minimum Gasteiger partial charge on any atom is -0.392 e. The Morgan fingerprint density at radius 3 is 2.80 bits per heavy atom. The molecule has 0 aliphatic carbocycles. The van der Waals surface area contributed by atoms with Gasteiger partial charge in [-0.1, -0.05) is 0 Å². The maximum absolute atomic E-state index is 11.9. The third-order valence-electron chi connectivity index (χ3n) is 2.41. The molecular weight excluding hydrogens is 218 g/mol. The van der Waals surface area contributed by atoms with Crippen molar-refractivity contribution in [1.82, 2.24) is 13.9 Å². The molecular formula is C8H13N3O3S. The molecule has 2 heterocycles. The Morgan fingerprint density at radius 1 is 1.60 bits per heavy atom. The van der Waals surface area contributed by atoms with E-state index in [-0.39, 0.29) is 11.6 Å². The van der Waals surface area contributed by atoms with E-state index in [0.29, 0.717) is 13.0 Å². The van der Waals surface area contributed by atoms with Crippen LogP contribution in [-0.2, 0) is 17.1 Å². The predicted octanol–water partition coefficient (Wildman–Crippen LogP) is -0.825. The number of aliphatic hydroxyl groups is 1. The van der Waals surface area contributed by atoms with E-state index in [4.69, 9.17) is 0 Å². The van der Waals surface area contributed by atoms with Crippen LogP contribution in [0.1, 0.15) is 6.42 Å². The van der Waals surface area contributed by atoms with Crippen molar-refractivity contribution < 1.29 is 13.5 Å². The molecule has 1 fully saturated rings. The average Bonchev–Trinajstić information content (AvgIpc) is 2.74. The van der Waals surface area contributed by atoms with E-state index in [9.17, 15) is 13.5 Å². The third kappa shape index (κ3) is 1.90. The van der Waals surface area contributed by atoms with Gasteiger partial charge in [0.1, 0.15) is 0 Å². The van der Waals surface area contributed by atoms with Gasteiger partial charge in [0.15, 0.2) is 5.03 Å². The van der Waals surface area contributed by atoms with Crippen LogP contribution in [0.4, 0.5) is 0 Å².